The molecule has 1 amide bonds. The molecule has 118 valence electrons. The second kappa shape index (κ2) is 9.35. The number of nitrogens with zero attached hydrogens (tertiary/aromatic N) is 2. The Kier molecular flexibility index (Phi) is 7.41. The van der Waals surface area contributed by atoms with Crippen molar-refractivity contribution in [3.05, 3.63) is 46.2 Å². The van der Waals surface area contributed by atoms with Gasteiger partial charge in [-0.2, -0.15) is 5.10 Å². The zero-order valence-electron chi connectivity index (χ0n) is 12.4. The molecule has 0 bridgehead atoms. The van der Waals surface area contributed by atoms with Gasteiger partial charge in [0.2, 0.25) is 4.80 Å². The van der Waals surface area contributed by atoms with E-state index in [-0.39, 0.29) is 6.03 Å². The lowest BCUT2D eigenvalue weighted by Crippen LogP contribution is -2.29. The van der Waals surface area contributed by atoms with Crippen LogP contribution in [-0.2, 0) is 9.53 Å². The lowest BCUT2D eigenvalue weighted by Gasteiger charge is -2.06. The van der Waals surface area contributed by atoms with Gasteiger partial charge in [0.25, 0.3) is 6.47 Å². The fourth-order valence-corrected chi connectivity index (χ4v) is 2.27. The molecule has 0 atom stereocenters. The van der Waals surface area contributed by atoms with E-state index >= 15 is 0 Å². The Hall–Kier alpha value is -2.61. The number of thiazole rings is 1. The molecule has 0 aliphatic heterocycles. The fourth-order valence-electron chi connectivity index (χ4n) is 1.50. The second-order valence-electron chi connectivity index (χ2n) is 3.97. The molecule has 22 heavy (non-hydrogen) atoms. The van der Waals surface area contributed by atoms with Gasteiger partial charge in [0, 0.05) is 16.8 Å². The van der Waals surface area contributed by atoms with E-state index in [0.717, 1.165) is 11.4 Å². The molecular weight excluding hydrogens is 304 g/mol. The monoisotopic (exact) mass is 322 g/mol. The van der Waals surface area contributed by atoms with Gasteiger partial charge in [-0.25, -0.2) is 9.36 Å². The summed E-state index contributed by atoms with van der Waals surface area (Å²) >= 11 is 1.33. The van der Waals surface area contributed by atoms with E-state index in [1.807, 2.05) is 42.6 Å². The number of aryl methyl sites for hydroxylation is 1. The maximum atomic E-state index is 12.0. The molecule has 2 rings (SSSR count). The molecule has 0 spiro atoms. The number of ether oxygens (including phenoxy) is 1. The molecule has 0 unspecified atom stereocenters. The third-order valence-electron chi connectivity index (χ3n) is 2.45. The highest BCUT2D eigenvalue weighted by atomic mass is 32.1. The Morgan fingerprint density at radius 3 is 2.64 bits per heavy atom. The number of aromatic nitrogens is 1. The molecule has 0 saturated carbocycles. The van der Waals surface area contributed by atoms with Crippen LogP contribution in [0.25, 0.3) is 0 Å². The van der Waals surface area contributed by atoms with E-state index in [4.69, 9.17) is 5.84 Å². The zero-order valence-corrected chi connectivity index (χ0v) is 13.2. The normalized spacial score (nSPS) is 10.4. The molecule has 2 aromatic rings. The van der Waals surface area contributed by atoms with Gasteiger partial charge < -0.3 is 15.9 Å². The second-order valence-corrected chi connectivity index (χ2v) is 4.81. The lowest BCUT2D eigenvalue weighted by molar-refractivity contribution is -0.128. The third kappa shape index (κ3) is 5.06. The number of para-hydroxylation sites is 1. The molecule has 0 fully saturated rings. The van der Waals surface area contributed by atoms with E-state index in [1.165, 1.54) is 15.9 Å². The summed E-state index contributed by atoms with van der Waals surface area (Å²) in [6.07, 6.45) is 0. The van der Waals surface area contributed by atoms with Crippen LogP contribution < -0.4 is 16.0 Å². The number of nitrogens with two attached hydrogens (primary N) is 1. The van der Waals surface area contributed by atoms with Crippen LogP contribution in [0.4, 0.5) is 10.5 Å². The van der Waals surface area contributed by atoms with Crippen molar-refractivity contribution in [3.63, 3.8) is 0 Å². The van der Waals surface area contributed by atoms with Crippen LogP contribution in [0.15, 0.2) is 40.8 Å². The van der Waals surface area contributed by atoms with Gasteiger partial charge in [-0.3, -0.25) is 4.79 Å². The van der Waals surface area contributed by atoms with Gasteiger partial charge in [-0.15, -0.1) is 11.3 Å². The van der Waals surface area contributed by atoms with Gasteiger partial charge in [0.05, 0.1) is 6.61 Å². The summed E-state index contributed by atoms with van der Waals surface area (Å²) in [6.45, 7) is 4.49. The van der Waals surface area contributed by atoms with Crippen molar-refractivity contribution < 1.29 is 14.3 Å². The number of amides is 1. The molecule has 0 aliphatic rings. The van der Waals surface area contributed by atoms with Crippen molar-refractivity contribution in [1.29, 1.82) is 0 Å². The molecule has 0 radical (unpaired) electrons. The van der Waals surface area contributed by atoms with Crippen molar-refractivity contribution in [1.82, 2.24) is 4.57 Å². The summed E-state index contributed by atoms with van der Waals surface area (Å²) in [6, 6.07) is 8.97. The number of nitrogens with one attached hydrogen (secondary N) is 1. The predicted molar refractivity (Wildman–Crippen MR) is 85.3 cm³/mol. The standard InChI is InChI=1S/C11H12N4OS.C3H6O2/c1-8-7-17-11(14-12)15(8)10(16)13-9-5-3-2-4-6-9;1-2-5-3-4/h2-7H,12H2,1H3,(H,13,16);3H,2H2,1H3. The summed E-state index contributed by atoms with van der Waals surface area (Å²) in [5.41, 5.74) is 1.53. The van der Waals surface area contributed by atoms with E-state index < -0.39 is 0 Å². The topological polar surface area (TPSA) is 98.7 Å². The molecular formula is C14H18N4O3S. The van der Waals surface area contributed by atoms with E-state index in [0.29, 0.717) is 17.9 Å². The number of rotatable bonds is 3. The Labute approximate surface area is 132 Å². The Morgan fingerprint density at radius 2 is 2.14 bits per heavy atom. The average molecular weight is 322 g/mol. The maximum absolute atomic E-state index is 12.0. The van der Waals surface area contributed by atoms with Crippen LogP contribution in [-0.4, -0.2) is 23.7 Å². The third-order valence-corrected chi connectivity index (χ3v) is 3.41. The SMILES string of the molecule is CCOC=O.Cc1csc(=NN)n1C(=O)Nc1ccccc1. The van der Waals surface area contributed by atoms with E-state index in [9.17, 15) is 9.59 Å². The smallest absolute Gasteiger partial charge is 0.332 e. The summed E-state index contributed by atoms with van der Waals surface area (Å²) in [7, 11) is 0. The first kappa shape index (κ1) is 17.4. The van der Waals surface area contributed by atoms with Gasteiger partial charge in [0.1, 0.15) is 0 Å². The number of benzene rings is 1. The van der Waals surface area contributed by atoms with Gasteiger partial charge >= 0.3 is 6.03 Å². The minimum absolute atomic E-state index is 0.265. The molecule has 1 aromatic heterocycles. The highest BCUT2D eigenvalue weighted by Gasteiger charge is 2.10. The van der Waals surface area contributed by atoms with E-state index in [2.05, 4.69) is 15.2 Å². The number of carbonyl (C=O) groups is 2. The molecule has 1 aromatic carbocycles. The largest absolute Gasteiger partial charge is 0.468 e. The first-order chi connectivity index (χ1) is 10.6. The van der Waals surface area contributed by atoms with Gasteiger partial charge in [-0.05, 0) is 26.0 Å². The minimum atomic E-state index is -0.265. The van der Waals surface area contributed by atoms with Crippen LogP contribution in [0.2, 0.25) is 0 Å². The maximum Gasteiger partial charge on any atom is 0.332 e. The molecule has 8 heteroatoms. The highest BCUT2D eigenvalue weighted by Crippen LogP contribution is 2.07. The van der Waals surface area contributed by atoms with Gasteiger partial charge in [-0.1, -0.05) is 18.2 Å². The van der Waals surface area contributed by atoms with Crippen molar-refractivity contribution >= 4 is 29.5 Å². The van der Waals surface area contributed by atoms with Crippen molar-refractivity contribution in [3.8, 4) is 0 Å². The summed E-state index contributed by atoms with van der Waals surface area (Å²) in [5, 5.41) is 8.18. The first-order valence-electron chi connectivity index (χ1n) is 6.46. The summed E-state index contributed by atoms with van der Waals surface area (Å²) in [4.78, 5) is 21.7. The van der Waals surface area contributed by atoms with Crippen molar-refractivity contribution in [2.24, 2.45) is 10.9 Å². The van der Waals surface area contributed by atoms with Crippen LogP contribution >= 0.6 is 11.3 Å². The Morgan fingerprint density at radius 1 is 1.45 bits per heavy atom. The van der Waals surface area contributed by atoms with Crippen LogP contribution in [0.3, 0.4) is 0 Å². The van der Waals surface area contributed by atoms with E-state index in [1.54, 1.807) is 6.92 Å². The first-order valence-corrected chi connectivity index (χ1v) is 7.34. The van der Waals surface area contributed by atoms with Crippen molar-refractivity contribution in [2.45, 2.75) is 13.8 Å². The average Bonchev–Trinajstić information content (AvgIpc) is 2.90. The quantitative estimate of drug-likeness (QED) is 0.512. The molecule has 0 aliphatic carbocycles. The molecule has 7 nitrogen and oxygen atoms in total. The minimum Gasteiger partial charge on any atom is -0.468 e. The Bertz CT molecular complexity index is 664. The van der Waals surface area contributed by atoms with Crippen LogP contribution in [0.5, 0.6) is 0 Å². The molecule has 0 saturated heterocycles. The number of hydrogen-bond acceptors (Lipinski definition) is 6. The fraction of sp³-hybridized carbons (Fsp3) is 0.214. The summed E-state index contributed by atoms with van der Waals surface area (Å²) < 4.78 is 5.59. The van der Waals surface area contributed by atoms with Crippen LogP contribution in [0, 0.1) is 6.92 Å². The highest BCUT2D eigenvalue weighted by molar-refractivity contribution is 7.07. The number of anilines is 1. The van der Waals surface area contributed by atoms with Gasteiger partial charge in [0.15, 0.2) is 0 Å². The number of hydrogen-bond donors (Lipinski definition) is 2. The predicted octanol–water partition coefficient (Wildman–Crippen LogP) is 1.89. The zero-order chi connectivity index (χ0) is 16.4. The van der Waals surface area contributed by atoms with Crippen LogP contribution in [0.1, 0.15) is 12.6 Å². The Balaban J connectivity index is 0.000000422. The summed E-state index contributed by atoms with van der Waals surface area (Å²) in [5.74, 6) is 5.23. The number of carbonyl (C=O) groups excluding carboxylic acids is 2. The molecule has 3 N–H and O–H groups in total. The molecule has 1 heterocycles. The lowest BCUT2D eigenvalue weighted by atomic mass is 10.3. The van der Waals surface area contributed by atoms with Crippen molar-refractivity contribution in [2.75, 3.05) is 11.9 Å².